The molecule has 0 fully saturated rings. The van der Waals surface area contributed by atoms with Gasteiger partial charge in [-0.05, 0) is 12.3 Å². The first-order valence-electron chi connectivity index (χ1n) is 4.07. The fraction of sp³-hybridized carbons (Fsp3) is 0.750. The van der Waals surface area contributed by atoms with Crippen molar-refractivity contribution in [2.75, 3.05) is 0 Å². The molecule has 0 saturated heterocycles. The maximum absolute atomic E-state index is 4.00. The molecule has 12 heavy (non-hydrogen) atoms. The molecule has 0 radical (unpaired) electrons. The molecule has 68 valence electrons. The number of rotatable bonds is 4. The maximum atomic E-state index is 4.00. The highest BCUT2D eigenvalue weighted by molar-refractivity contribution is 9.09. The molecule has 0 saturated carbocycles. The van der Waals surface area contributed by atoms with Crippen molar-refractivity contribution in [1.82, 2.24) is 10.2 Å². The summed E-state index contributed by atoms with van der Waals surface area (Å²) in [5.74, 6) is 0.738. The molecular formula is C8H13BrN2S. The highest BCUT2D eigenvalue weighted by atomic mass is 79.9. The Morgan fingerprint density at radius 1 is 1.58 bits per heavy atom. The standard InChI is InChI=1S/C8H13BrN2S/c1-6(2)3-7(9)4-8-11-10-5-12-8/h5-7H,3-4H2,1-2H3. The monoisotopic (exact) mass is 248 g/mol. The minimum atomic E-state index is 0.547. The zero-order valence-corrected chi connectivity index (χ0v) is 9.73. The first-order valence-corrected chi connectivity index (χ1v) is 5.87. The summed E-state index contributed by atoms with van der Waals surface area (Å²) in [6.45, 7) is 4.46. The van der Waals surface area contributed by atoms with Gasteiger partial charge in [0.1, 0.15) is 10.5 Å². The van der Waals surface area contributed by atoms with Crippen LogP contribution in [-0.4, -0.2) is 15.0 Å². The summed E-state index contributed by atoms with van der Waals surface area (Å²) in [4.78, 5) is 0.547. The lowest BCUT2D eigenvalue weighted by Crippen LogP contribution is -2.06. The van der Waals surface area contributed by atoms with Gasteiger partial charge in [0.25, 0.3) is 0 Å². The molecule has 1 atom stereocenters. The van der Waals surface area contributed by atoms with E-state index in [1.165, 1.54) is 6.42 Å². The minimum Gasteiger partial charge on any atom is -0.147 e. The van der Waals surface area contributed by atoms with Crippen molar-refractivity contribution in [3.05, 3.63) is 10.5 Å². The van der Waals surface area contributed by atoms with Crippen LogP contribution in [0.3, 0.4) is 0 Å². The second-order valence-electron chi connectivity index (χ2n) is 3.26. The van der Waals surface area contributed by atoms with Crippen LogP contribution in [0.2, 0.25) is 0 Å². The summed E-state index contributed by atoms with van der Waals surface area (Å²) in [6, 6.07) is 0. The highest BCUT2D eigenvalue weighted by Crippen LogP contribution is 2.18. The third-order valence-electron chi connectivity index (χ3n) is 1.53. The van der Waals surface area contributed by atoms with Crippen LogP contribution in [-0.2, 0) is 6.42 Å². The Morgan fingerprint density at radius 3 is 2.83 bits per heavy atom. The largest absolute Gasteiger partial charge is 0.147 e. The van der Waals surface area contributed by atoms with Gasteiger partial charge in [-0.25, -0.2) is 0 Å². The van der Waals surface area contributed by atoms with E-state index in [0.29, 0.717) is 4.83 Å². The molecule has 4 heteroatoms. The van der Waals surface area contributed by atoms with Crippen molar-refractivity contribution in [2.45, 2.75) is 31.5 Å². The van der Waals surface area contributed by atoms with Crippen molar-refractivity contribution in [1.29, 1.82) is 0 Å². The third-order valence-corrected chi connectivity index (χ3v) is 2.95. The second kappa shape index (κ2) is 4.92. The summed E-state index contributed by atoms with van der Waals surface area (Å²) in [5.41, 5.74) is 1.78. The number of hydrogen-bond acceptors (Lipinski definition) is 3. The summed E-state index contributed by atoms with van der Waals surface area (Å²) < 4.78 is 0. The fourth-order valence-corrected chi connectivity index (χ4v) is 2.95. The van der Waals surface area contributed by atoms with Gasteiger partial charge >= 0.3 is 0 Å². The van der Waals surface area contributed by atoms with Crippen LogP contribution in [0.25, 0.3) is 0 Å². The zero-order chi connectivity index (χ0) is 8.97. The molecule has 0 bridgehead atoms. The molecule has 0 aliphatic rings. The average molecular weight is 249 g/mol. The number of aromatic nitrogens is 2. The molecule has 1 unspecified atom stereocenters. The van der Waals surface area contributed by atoms with E-state index in [4.69, 9.17) is 0 Å². The first-order chi connectivity index (χ1) is 5.68. The van der Waals surface area contributed by atoms with Gasteiger partial charge in [0.15, 0.2) is 0 Å². The van der Waals surface area contributed by atoms with Crippen molar-refractivity contribution < 1.29 is 0 Å². The molecular weight excluding hydrogens is 236 g/mol. The number of halogens is 1. The van der Waals surface area contributed by atoms with Crippen LogP contribution < -0.4 is 0 Å². The van der Waals surface area contributed by atoms with E-state index in [2.05, 4.69) is 40.0 Å². The van der Waals surface area contributed by atoms with Gasteiger partial charge < -0.3 is 0 Å². The van der Waals surface area contributed by atoms with Gasteiger partial charge in [-0.15, -0.1) is 21.5 Å². The summed E-state index contributed by atoms with van der Waals surface area (Å²) >= 11 is 5.26. The second-order valence-corrected chi connectivity index (χ2v) is 5.48. The van der Waals surface area contributed by atoms with Crippen LogP contribution in [0.1, 0.15) is 25.3 Å². The van der Waals surface area contributed by atoms with Crippen molar-refractivity contribution in [3.8, 4) is 0 Å². The molecule has 1 aromatic heterocycles. The van der Waals surface area contributed by atoms with E-state index in [-0.39, 0.29) is 0 Å². The Balaban J connectivity index is 2.32. The Kier molecular flexibility index (Phi) is 4.15. The van der Waals surface area contributed by atoms with Gasteiger partial charge in [0, 0.05) is 11.2 Å². The van der Waals surface area contributed by atoms with Crippen molar-refractivity contribution in [2.24, 2.45) is 5.92 Å². The zero-order valence-electron chi connectivity index (χ0n) is 7.33. The van der Waals surface area contributed by atoms with Gasteiger partial charge in [-0.3, -0.25) is 0 Å². The summed E-state index contributed by atoms with van der Waals surface area (Å²) in [7, 11) is 0. The predicted octanol–water partition coefficient (Wildman–Crippen LogP) is 2.89. The smallest absolute Gasteiger partial charge is 0.118 e. The number of alkyl halides is 1. The van der Waals surface area contributed by atoms with Crippen LogP contribution in [0.4, 0.5) is 0 Å². The van der Waals surface area contributed by atoms with E-state index < -0.39 is 0 Å². The van der Waals surface area contributed by atoms with Crippen LogP contribution >= 0.6 is 27.3 Å². The van der Waals surface area contributed by atoms with Crippen LogP contribution in [0.5, 0.6) is 0 Å². The Morgan fingerprint density at radius 2 is 2.33 bits per heavy atom. The highest BCUT2D eigenvalue weighted by Gasteiger charge is 2.09. The lowest BCUT2D eigenvalue weighted by molar-refractivity contribution is 0.569. The molecule has 0 spiro atoms. The van der Waals surface area contributed by atoms with Crippen LogP contribution in [0.15, 0.2) is 5.51 Å². The first kappa shape index (κ1) is 10.1. The van der Waals surface area contributed by atoms with Gasteiger partial charge in [-0.2, -0.15) is 0 Å². The SMILES string of the molecule is CC(C)CC(Br)Cc1nncs1. The normalized spacial score (nSPS) is 13.7. The maximum Gasteiger partial charge on any atom is 0.118 e. The lowest BCUT2D eigenvalue weighted by atomic mass is 10.1. The molecule has 1 heterocycles. The minimum absolute atomic E-state index is 0.547. The topological polar surface area (TPSA) is 25.8 Å². The van der Waals surface area contributed by atoms with E-state index >= 15 is 0 Å². The summed E-state index contributed by atoms with van der Waals surface area (Å²) in [6.07, 6.45) is 2.20. The molecule has 0 aliphatic heterocycles. The van der Waals surface area contributed by atoms with Crippen LogP contribution in [0, 0.1) is 5.92 Å². The van der Waals surface area contributed by atoms with Gasteiger partial charge in [0.05, 0.1) is 0 Å². The Hall–Kier alpha value is 0.0400. The van der Waals surface area contributed by atoms with E-state index in [0.717, 1.165) is 17.3 Å². The number of nitrogens with zero attached hydrogens (tertiary/aromatic N) is 2. The fourth-order valence-electron chi connectivity index (χ4n) is 1.07. The average Bonchev–Trinajstić information content (AvgIpc) is 2.37. The molecule has 1 aromatic rings. The van der Waals surface area contributed by atoms with Crippen molar-refractivity contribution >= 4 is 27.3 Å². The molecule has 2 nitrogen and oxygen atoms in total. The molecule has 1 rings (SSSR count). The Labute approximate surface area is 85.5 Å². The molecule has 0 aromatic carbocycles. The van der Waals surface area contributed by atoms with E-state index in [9.17, 15) is 0 Å². The molecule has 0 amide bonds. The van der Waals surface area contributed by atoms with E-state index in [1.54, 1.807) is 16.8 Å². The molecule has 0 N–H and O–H groups in total. The Bertz CT molecular complexity index is 211. The molecule has 0 aliphatic carbocycles. The quantitative estimate of drug-likeness (QED) is 0.767. The number of hydrogen-bond donors (Lipinski definition) is 0. The van der Waals surface area contributed by atoms with Gasteiger partial charge in [-0.1, -0.05) is 29.8 Å². The predicted molar refractivity (Wildman–Crippen MR) is 55.8 cm³/mol. The van der Waals surface area contributed by atoms with Crippen molar-refractivity contribution in [3.63, 3.8) is 0 Å². The van der Waals surface area contributed by atoms with E-state index in [1.807, 2.05) is 0 Å². The third kappa shape index (κ3) is 3.63. The van der Waals surface area contributed by atoms with Gasteiger partial charge in [0.2, 0.25) is 0 Å². The summed E-state index contributed by atoms with van der Waals surface area (Å²) in [5, 5.41) is 8.93. The lowest BCUT2D eigenvalue weighted by Gasteiger charge is -2.09.